The molecular formula is C16H18F3N3O3S. The second kappa shape index (κ2) is 7.10. The highest BCUT2D eigenvalue weighted by Gasteiger charge is 2.31. The summed E-state index contributed by atoms with van der Waals surface area (Å²) in [5, 5.41) is -0.821. The zero-order chi connectivity index (χ0) is 19.7. The SMILES string of the molecule is CCc1[nH]c(-c2cccc(C(F)(F)F)c2)nc1C(=O)NS(=O)(=O)C(C)C. The predicted molar refractivity (Wildman–Crippen MR) is 89.9 cm³/mol. The summed E-state index contributed by atoms with van der Waals surface area (Å²) in [4.78, 5) is 19.1. The van der Waals surface area contributed by atoms with Crippen LogP contribution >= 0.6 is 0 Å². The first-order chi connectivity index (χ1) is 12.0. The first kappa shape index (κ1) is 20.0. The van der Waals surface area contributed by atoms with E-state index in [0.29, 0.717) is 12.1 Å². The Morgan fingerprint density at radius 3 is 2.50 bits per heavy atom. The Balaban J connectivity index is 2.42. The van der Waals surface area contributed by atoms with Gasteiger partial charge in [-0.3, -0.25) is 4.79 Å². The predicted octanol–water partition coefficient (Wildman–Crippen LogP) is 3.13. The average molecular weight is 389 g/mol. The maximum absolute atomic E-state index is 12.9. The molecule has 1 amide bonds. The van der Waals surface area contributed by atoms with E-state index in [4.69, 9.17) is 0 Å². The van der Waals surface area contributed by atoms with E-state index < -0.39 is 32.9 Å². The number of hydrogen-bond acceptors (Lipinski definition) is 4. The third-order valence-corrected chi connectivity index (χ3v) is 5.38. The summed E-state index contributed by atoms with van der Waals surface area (Å²) in [5.41, 5.74) is -0.545. The van der Waals surface area contributed by atoms with Gasteiger partial charge in [-0.25, -0.2) is 18.1 Å². The third-order valence-electron chi connectivity index (χ3n) is 3.67. The summed E-state index contributed by atoms with van der Waals surface area (Å²) in [5.74, 6) is -0.870. The Kier molecular flexibility index (Phi) is 5.45. The Bertz CT molecular complexity index is 918. The van der Waals surface area contributed by atoms with Gasteiger partial charge < -0.3 is 4.98 Å². The van der Waals surface area contributed by atoms with Crippen LogP contribution in [0.2, 0.25) is 0 Å². The van der Waals surface area contributed by atoms with Crippen molar-refractivity contribution in [3.63, 3.8) is 0 Å². The molecule has 0 aliphatic heterocycles. The number of alkyl halides is 3. The van der Waals surface area contributed by atoms with Crippen LogP contribution in [-0.4, -0.2) is 29.5 Å². The molecule has 142 valence electrons. The first-order valence-corrected chi connectivity index (χ1v) is 9.32. The first-order valence-electron chi connectivity index (χ1n) is 7.78. The topological polar surface area (TPSA) is 91.9 Å². The zero-order valence-corrected chi connectivity index (χ0v) is 15.1. The van der Waals surface area contributed by atoms with Crippen molar-refractivity contribution in [3.8, 4) is 11.4 Å². The van der Waals surface area contributed by atoms with E-state index in [1.54, 1.807) is 6.92 Å². The van der Waals surface area contributed by atoms with Crippen molar-refractivity contribution < 1.29 is 26.4 Å². The fourth-order valence-corrected chi connectivity index (χ4v) is 2.72. The van der Waals surface area contributed by atoms with Gasteiger partial charge in [-0.15, -0.1) is 0 Å². The number of benzene rings is 1. The number of H-pyrrole nitrogens is 1. The van der Waals surface area contributed by atoms with Gasteiger partial charge in [-0.1, -0.05) is 19.1 Å². The lowest BCUT2D eigenvalue weighted by Gasteiger charge is -2.08. The molecule has 26 heavy (non-hydrogen) atoms. The number of halogens is 3. The second-order valence-electron chi connectivity index (χ2n) is 5.87. The monoisotopic (exact) mass is 389 g/mol. The van der Waals surface area contributed by atoms with Crippen LogP contribution in [0.15, 0.2) is 24.3 Å². The molecule has 10 heteroatoms. The Hall–Kier alpha value is -2.36. The van der Waals surface area contributed by atoms with E-state index in [1.165, 1.54) is 26.0 Å². The highest BCUT2D eigenvalue weighted by Crippen LogP contribution is 2.31. The molecule has 0 radical (unpaired) electrons. The highest BCUT2D eigenvalue weighted by molar-refractivity contribution is 7.90. The number of amides is 1. The van der Waals surface area contributed by atoms with E-state index in [0.717, 1.165) is 12.1 Å². The van der Waals surface area contributed by atoms with Gasteiger partial charge in [0, 0.05) is 11.3 Å². The minimum atomic E-state index is -4.51. The number of imidazole rings is 1. The molecule has 2 aromatic rings. The summed E-state index contributed by atoms with van der Waals surface area (Å²) in [6, 6.07) is 4.48. The Morgan fingerprint density at radius 1 is 1.31 bits per heavy atom. The highest BCUT2D eigenvalue weighted by atomic mass is 32.2. The van der Waals surface area contributed by atoms with Crippen LogP contribution in [0.1, 0.15) is 42.5 Å². The van der Waals surface area contributed by atoms with Crippen molar-refractivity contribution in [1.29, 1.82) is 0 Å². The van der Waals surface area contributed by atoms with Gasteiger partial charge in [0.25, 0.3) is 5.91 Å². The molecule has 0 bridgehead atoms. The molecule has 0 saturated carbocycles. The fraction of sp³-hybridized carbons (Fsp3) is 0.375. The normalized spacial score (nSPS) is 12.4. The summed E-state index contributed by atoms with van der Waals surface area (Å²) in [7, 11) is -3.85. The third kappa shape index (κ3) is 4.24. The average Bonchev–Trinajstić information content (AvgIpc) is 2.98. The van der Waals surface area contributed by atoms with E-state index in [2.05, 4.69) is 9.97 Å². The van der Waals surface area contributed by atoms with Gasteiger partial charge in [-0.05, 0) is 32.4 Å². The molecule has 0 fully saturated rings. The molecule has 1 heterocycles. The van der Waals surface area contributed by atoms with Crippen LogP contribution in [0, 0.1) is 0 Å². The van der Waals surface area contributed by atoms with Crippen molar-refractivity contribution in [1.82, 2.24) is 14.7 Å². The van der Waals surface area contributed by atoms with Crippen LogP contribution in [0.4, 0.5) is 13.2 Å². The van der Waals surface area contributed by atoms with E-state index in [9.17, 15) is 26.4 Å². The number of aromatic nitrogens is 2. The van der Waals surface area contributed by atoms with E-state index in [1.807, 2.05) is 4.72 Å². The largest absolute Gasteiger partial charge is 0.416 e. The molecule has 2 rings (SSSR count). The van der Waals surface area contributed by atoms with Crippen molar-refractivity contribution in [2.75, 3.05) is 0 Å². The van der Waals surface area contributed by atoms with Gasteiger partial charge >= 0.3 is 6.18 Å². The van der Waals surface area contributed by atoms with Gasteiger partial charge in [0.1, 0.15) is 5.82 Å². The molecule has 2 N–H and O–H groups in total. The summed E-state index contributed by atoms with van der Waals surface area (Å²) in [6.45, 7) is 4.53. The van der Waals surface area contributed by atoms with E-state index >= 15 is 0 Å². The molecular weight excluding hydrogens is 371 g/mol. The molecule has 0 saturated heterocycles. The summed E-state index contributed by atoms with van der Waals surface area (Å²) >= 11 is 0. The van der Waals surface area contributed by atoms with Crippen molar-refractivity contribution in [2.24, 2.45) is 0 Å². The Labute approximate surface area is 148 Å². The van der Waals surface area contributed by atoms with Gasteiger partial charge in [-0.2, -0.15) is 13.2 Å². The minimum Gasteiger partial charge on any atom is -0.341 e. The van der Waals surface area contributed by atoms with Crippen molar-refractivity contribution in [3.05, 3.63) is 41.2 Å². The number of rotatable bonds is 5. The maximum Gasteiger partial charge on any atom is 0.416 e. The number of hydrogen-bond donors (Lipinski definition) is 2. The number of sulfonamides is 1. The molecule has 0 aliphatic rings. The lowest BCUT2D eigenvalue weighted by molar-refractivity contribution is -0.137. The van der Waals surface area contributed by atoms with Gasteiger partial charge in [0.2, 0.25) is 10.0 Å². The molecule has 6 nitrogen and oxygen atoms in total. The molecule has 0 spiro atoms. The van der Waals surface area contributed by atoms with Crippen molar-refractivity contribution in [2.45, 2.75) is 38.6 Å². The minimum absolute atomic E-state index is 0.0556. The summed E-state index contributed by atoms with van der Waals surface area (Å²) < 4.78 is 64.2. The number of carbonyl (C=O) groups is 1. The lowest BCUT2D eigenvalue weighted by Crippen LogP contribution is -2.36. The quantitative estimate of drug-likeness (QED) is 0.822. The number of nitrogens with one attached hydrogen (secondary N) is 2. The number of carbonyl (C=O) groups excluding carboxylic acids is 1. The van der Waals surface area contributed by atoms with E-state index in [-0.39, 0.29) is 17.1 Å². The fourth-order valence-electron chi connectivity index (χ4n) is 2.13. The Morgan fingerprint density at radius 2 is 1.96 bits per heavy atom. The molecule has 0 aliphatic carbocycles. The lowest BCUT2D eigenvalue weighted by atomic mass is 10.1. The number of aryl methyl sites for hydroxylation is 1. The van der Waals surface area contributed by atoms with Crippen LogP contribution in [0.25, 0.3) is 11.4 Å². The van der Waals surface area contributed by atoms with Gasteiger partial charge in [0.05, 0.1) is 10.8 Å². The molecule has 1 aromatic carbocycles. The second-order valence-corrected chi connectivity index (χ2v) is 8.11. The van der Waals surface area contributed by atoms with Crippen LogP contribution in [0.5, 0.6) is 0 Å². The van der Waals surface area contributed by atoms with Crippen LogP contribution in [-0.2, 0) is 22.6 Å². The standard InChI is InChI=1S/C16H18F3N3O3S/c1-4-12-13(15(23)22-26(24,25)9(2)3)21-14(20-12)10-6-5-7-11(8-10)16(17,18)19/h5-9H,4H2,1-3H3,(H,20,21)(H,22,23). The molecule has 0 atom stereocenters. The molecule has 0 unspecified atom stereocenters. The number of nitrogens with zero attached hydrogens (tertiary/aromatic N) is 1. The smallest absolute Gasteiger partial charge is 0.341 e. The maximum atomic E-state index is 12.9. The van der Waals surface area contributed by atoms with Crippen molar-refractivity contribution >= 4 is 15.9 Å². The van der Waals surface area contributed by atoms with Gasteiger partial charge in [0.15, 0.2) is 5.69 Å². The number of aromatic amines is 1. The summed E-state index contributed by atoms with van der Waals surface area (Å²) in [6.07, 6.45) is -4.20. The molecule has 1 aromatic heterocycles. The van der Waals surface area contributed by atoms with Crippen LogP contribution in [0.3, 0.4) is 0 Å². The van der Waals surface area contributed by atoms with Crippen LogP contribution < -0.4 is 4.72 Å². The zero-order valence-electron chi connectivity index (χ0n) is 14.3.